The first-order valence-corrected chi connectivity index (χ1v) is 7.86. The summed E-state index contributed by atoms with van der Waals surface area (Å²) in [6.45, 7) is 0.287. The van der Waals surface area contributed by atoms with Gasteiger partial charge in [0.15, 0.2) is 5.82 Å². The van der Waals surface area contributed by atoms with E-state index >= 15 is 0 Å². The minimum Gasteiger partial charge on any atom is -0.334 e. The molecule has 1 amide bonds. The molecule has 3 aromatic rings. The van der Waals surface area contributed by atoms with Crippen molar-refractivity contribution in [2.75, 3.05) is 11.4 Å². The maximum atomic E-state index is 13.8. The van der Waals surface area contributed by atoms with E-state index in [0.717, 1.165) is 18.2 Å². The molecular weight excluding hydrogens is 347 g/mol. The van der Waals surface area contributed by atoms with Crippen molar-refractivity contribution in [1.29, 1.82) is 0 Å². The molecule has 1 fully saturated rings. The number of benzene rings is 2. The SMILES string of the molecule is O=C1C[C@H](c2noc(-c3cc(F)ccc3F)n2)CN1c1ccc(F)cc1. The van der Waals surface area contributed by atoms with E-state index in [4.69, 9.17) is 4.52 Å². The number of aromatic nitrogens is 2. The summed E-state index contributed by atoms with van der Waals surface area (Å²) in [7, 11) is 0. The minimum absolute atomic E-state index is 0.136. The molecule has 8 heteroatoms. The normalized spacial score (nSPS) is 17.1. The van der Waals surface area contributed by atoms with Gasteiger partial charge in [0.1, 0.15) is 17.5 Å². The lowest BCUT2D eigenvalue weighted by Crippen LogP contribution is -2.24. The Bertz CT molecular complexity index is 972. The Morgan fingerprint density at radius 1 is 1.04 bits per heavy atom. The summed E-state index contributed by atoms with van der Waals surface area (Å²) in [5.41, 5.74) is 0.433. The summed E-state index contributed by atoms with van der Waals surface area (Å²) in [5, 5.41) is 3.81. The third-order valence-electron chi connectivity index (χ3n) is 4.23. The number of hydrogen-bond donors (Lipinski definition) is 0. The highest BCUT2D eigenvalue weighted by Gasteiger charge is 2.34. The molecule has 1 aliphatic heterocycles. The van der Waals surface area contributed by atoms with Gasteiger partial charge in [-0.15, -0.1) is 0 Å². The largest absolute Gasteiger partial charge is 0.334 e. The van der Waals surface area contributed by atoms with Gasteiger partial charge in [0.2, 0.25) is 5.91 Å². The van der Waals surface area contributed by atoms with Gasteiger partial charge in [0.05, 0.1) is 5.56 Å². The van der Waals surface area contributed by atoms with E-state index < -0.39 is 17.5 Å². The van der Waals surface area contributed by atoms with E-state index in [1.165, 1.54) is 29.2 Å². The number of anilines is 1. The maximum Gasteiger partial charge on any atom is 0.261 e. The number of nitrogens with zero attached hydrogens (tertiary/aromatic N) is 3. The van der Waals surface area contributed by atoms with Crippen LogP contribution in [-0.4, -0.2) is 22.6 Å². The first kappa shape index (κ1) is 16.3. The second-order valence-electron chi connectivity index (χ2n) is 5.96. The van der Waals surface area contributed by atoms with Gasteiger partial charge in [0, 0.05) is 24.6 Å². The molecule has 0 saturated carbocycles. The van der Waals surface area contributed by atoms with Crippen LogP contribution in [0.4, 0.5) is 18.9 Å². The van der Waals surface area contributed by atoms with Crippen LogP contribution >= 0.6 is 0 Å². The molecule has 4 rings (SSSR count). The van der Waals surface area contributed by atoms with Crippen LogP contribution in [0.15, 0.2) is 47.0 Å². The number of carbonyl (C=O) groups excluding carboxylic acids is 1. The Morgan fingerprint density at radius 2 is 1.77 bits per heavy atom. The molecule has 2 aromatic carbocycles. The zero-order valence-electron chi connectivity index (χ0n) is 13.3. The number of carbonyl (C=O) groups is 1. The van der Waals surface area contributed by atoms with Crippen LogP contribution in [0, 0.1) is 17.5 Å². The van der Waals surface area contributed by atoms with E-state index in [2.05, 4.69) is 10.1 Å². The number of rotatable bonds is 3. The fourth-order valence-electron chi connectivity index (χ4n) is 2.92. The average Bonchev–Trinajstić information content (AvgIpc) is 3.25. The van der Waals surface area contributed by atoms with Crippen LogP contribution in [0.3, 0.4) is 0 Å². The Balaban J connectivity index is 1.58. The quantitative estimate of drug-likeness (QED) is 0.716. The summed E-state index contributed by atoms with van der Waals surface area (Å²) < 4.78 is 45.2. The molecular formula is C18H12F3N3O2. The maximum absolute atomic E-state index is 13.8. The highest BCUT2D eigenvalue weighted by molar-refractivity contribution is 5.96. The summed E-state index contributed by atoms with van der Waals surface area (Å²) >= 11 is 0. The number of halogens is 3. The van der Waals surface area contributed by atoms with Crippen molar-refractivity contribution < 1.29 is 22.5 Å². The van der Waals surface area contributed by atoms with Crippen LogP contribution in [0.25, 0.3) is 11.5 Å². The summed E-state index contributed by atoms with van der Waals surface area (Å²) in [5.74, 6) is -2.13. The third-order valence-corrected chi connectivity index (χ3v) is 4.23. The van der Waals surface area contributed by atoms with Gasteiger partial charge in [-0.1, -0.05) is 5.16 Å². The predicted octanol–water partition coefficient (Wildman–Crippen LogP) is 3.67. The summed E-state index contributed by atoms with van der Waals surface area (Å²) in [6.07, 6.45) is 0.141. The third kappa shape index (κ3) is 2.94. The van der Waals surface area contributed by atoms with Crippen LogP contribution in [0.2, 0.25) is 0 Å². The smallest absolute Gasteiger partial charge is 0.261 e. The van der Waals surface area contributed by atoms with Gasteiger partial charge in [-0.25, -0.2) is 13.2 Å². The fraction of sp³-hybridized carbons (Fsp3) is 0.167. The molecule has 26 heavy (non-hydrogen) atoms. The second-order valence-corrected chi connectivity index (χ2v) is 5.96. The lowest BCUT2D eigenvalue weighted by atomic mass is 10.1. The van der Waals surface area contributed by atoms with Crippen LogP contribution in [0.1, 0.15) is 18.2 Å². The topological polar surface area (TPSA) is 59.2 Å². The van der Waals surface area contributed by atoms with E-state index in [1.807, 2.05) is 0 Å². The van der Waals surface area contributed by atoms with Crippen LogP contribution < -0.4 is 4.90 Å². The molecule has 5 nitrogen and oxygen atoms in total. The van der Waals surface area contributed by atoms with E-state index in [1.54, 1.807) is 0 Å². The first-order valence-electron chi connectivity index (χ1n) is 7.86. The zero-order valence-corrected chi connectivity index (χ0v) is 13.3. The lowest BCUT2D eigenvalue weighted by Gasteiger charge is -2.15. The highest BCUT2D eigenvalue weighted by Crippen LogP contribution is 2.32. The first-order chi connectivity index (χ1) is 12.5. The molecule has 1 aliphatic rings. The van der Waals surface area contributed by atoms with Crippen LogP contribution in [-0.2, 0) is 4.79 Å². The number of hydrogen-bond acceptors (Lipinski definition) is 4. The molecule has 2 heterocycles. The van der Waals surface area contributed by atoms with Gasteiger partial charge >= 0.3 is 0 Å². The average molecular weight is 359 g/mol. The van der Waals surface area contributed by atoms with E-state index in [-0.39, 0.29) is 42.1 Å². The molecule has 0 N–H and O–H groups in total. The van der Waals surface area contributed by atoms with Crippen molar-refractivity contribution in [2.45, 2.75) is 12.3 Å². The molecule has 0 bridgehead atoms. The Hall–Kier alpha value is -3.16. The fourth-order valence-corrected chi connectivity index (χ4v) is 2.92. The van der Waals surface area contributed by atoms with Crippen molar-refractivity contribution in [3.8, 4) is 11.5 Å². The van der Waals surface area contributed by atoms with Crippen molar-refractivity contribution in [2.24, 2.45) is 0 Å². The summed E-state index contributed by atoms with van der Waals surface area (Å²) in [6, 6.07) is 8.51. The van der Waals surface area contributed by atoms with Gasteiger partial charge in [-0.2, -0.15) is 4.98 Å². The Labute approximate surface area is 146 Å². The van der Waals surface area contributed by atoms with Crippen molar-refractivity contribution in [3.63, 3.8) is 0 Å². The zero-order chi connectivity index (χ0) is 18.3. The van der Waals surface area contributed by atoms with Gasteiger partial charge in [-0.3, -0.25) is 4.79 Å². The lowest BCUT2D eigenvalue weighted by molar-refractivity contribution is -0.117. The standard InChI is InChI=1S/C18H12F3N3O2/c19-11-1-4-13(5-2-11)24-9-10(7-16(24)25)17-22-18(26-23-17)14-8-12(20)3-6-15(14)21/h1-6,8,10H,7,9H2/t10-/m0/s1. The van der Waals surface area contributed by atoms with E-state index in [9.17, 15) is 18.0 Å². The molecule has 0 radical (unpaired) electrons. The minimum atomic E-state index is -0.683. The Morgan fingerprint density at radius 3 is 2.54 bits per heavy atom. The van der Waals surface area contributed by atoms with Gasteiger partial charge < -0.3 is 9.42 Å². The second kappa shape index (κ2) is 6.29. The molecule has 0 spiro atoms. The van der Waals surface area contributed by atoms with E-state index in [0.29, 0.717) is 5.69 Å². The molecule has 1 atom stereocenters. The van der Waals surface area contributed by atoms with Crippen molar-refractivity contribution in [1.82, 2.24) is 10.1 Å². The molecule has 0 unspecified atom stereocenters. The molecule has 1 aromatic heterocycles. The Kier molecular flexibility index (Phi) is 3.95. The molecule has 1 saturated heterocycles. The van der Waals surface area contributed by atoms with Gasteiger partial charge in [0.25, 0.3) is 5.89 Å². The number of amides is 1. The summed E-state index contributed by atoms with van der Waals surface area (Å²) in [4.78, 5) is 17.9. The van der Waals surface area contributed by atoms with Crippen molar-refractivity contribution in [3.05, 3.63) is 65.7 Å². The molecule has 132 valence electrons. The van der Waals surface area contributed by atoms with Gasteiger partial charge in [-0.05, 0) is 42.5 Å². The van der Waals surface area contributed by atoms with Crippen LogP contribution in [0.5, 0.6) is 0 Å². The molecule has 0 aliphatic carbocycles. The highest BCUT2D eigenvalue weighted by atomic mass is 19.1. The predicted molar refractivity (Wildman–Crippen MR) is 85.8 cm³/mol. The monoisotopic (exact) mass is 359 g/mol. The van der Waals surface area contributed by atoms with Crippen molar-refractivity contribution >= 4 is 11.6 Å².